The first-order valence-corrected chi connectivity index (χ1v) is 1.63. The number of nitrogens with zero attached hydrogens (tertiary/aromatic N) is 2. The summed E-state index contributed by atoms with van der Waals surface area (Å²) in [6, 6.07) is -2.08. The third kappa shape index (κ3) is 10.7. The Morgan fingerprint density at radius 2 is 1.22 bits per heavy atom. The maximum Gasteiger partial charge on any atom is 0.357 e. The van der Waals surface area contributed by atoms with Crippen LogP contribution in [-0.2, 0) is 0 Å². The fourth-order valence-corrected chi connectivity index (χ4v) is 0.0986. The number of azo groups is 1. The quantitative estimate of drug-likeness (QED) is 0.400. The lowest BCUT2D eigenvalue weighted by atomic mass is 11.1. The van der Waals surface area contributed by atoms with E-state index in [-0.39, 0.29) is 5.48 Å². The monoisotopic (exact) mass is 134 g/mol. The van der Waals surface area contributed by atoms with Gasteiger partial charge in [0.1, 0.15) is 0 Å². The summed E-state index contributed by atoms with van der Waals surface area (Å²) in [5.41, 5.74) is 8.87. The largest absolute Gasteiger partial charge is 0.412 e. The van der Waals surface area contributed by atoms with Crippen molar-refractivity contribution in [3.63, 3.8) is 0 Å². The van der Waals surface area contributed by atoms with Gasteiger partial charge in [0.15, 0.2) is 0 Å². The third-order valence-electron chi connectivity index (χ3n) is 0.247. The van der Waals surface area contributed by atoms with Crippen LogP contribution in [0.4, 0.5) is 9.59 Å². The van der Waals surface area contributed by atoms with Crippen molar-refractivity contribution < 1.29 is 15.1 Å². The molecule has 0 atom stereocenters. The summed E-state index contributed by atoms with van der Waals surface area (Å²) in [6.07, 6.45) is 0. The fraction of sp³-hybridized carbons (Fsp3) is 0. The number of carbonyl (C=O) groups is 2. The average Bonchev–Trinajstić information content (AvgIpc) is 1.61. The van der Waals surface area contributed by atoms with E-state index >= 15 is 0 Å². The first-order chi connectivity index (χ1) is 3.63. The minimum atomic E-state index is -1.04. The summed E-state index contributed by atoms with van der Waals surface area (Å²) in [4.78, 5) is 19.3. The summed E-state index contributed by atoms with van der Waals surface area (Å²) in [5, 5.41) is 5.23. The third-order valence-corrected chi connectivity index (χ3v) is 0.247. The lowest BCUT2D eigenvalue weighted by molar-refractivity contribution is 0.249. The van der Waals surface area contributed by atoms with E-state index in [0.717, 1.165) is 0 Å². The first-order valence-electron chi connectivity index (χ1n) is 1.63. The van der Waals surface area contributed by atoms with Gasteiger partial charge in [0.2, 0.25) is 0 Å². The van der Waals surface area contributed by atoms with Crippen molar-refractivity contribution in [1.82, 2.24) is 0 Å². The molecule has 9 heavy (non-hydrogen) atoms. The fourth-order valence-electron chi connectivity index (χ4n) is 0.0986. The molecular formula is C2H6N4O3. The van der Waals surface area contributed by atoms with Crippen molar-refractivity contribution in [2.24, 2.45) is 21.7 Å². The highest BCUT2D eigenvalue weighted by Gasteiger charge is 1.86. The molecule has 7 heteroatoms. The summed E-state index contributed by atoms with van der Waals surface area (Å²) in [6.45, 7) is 0. The van der Waals surface area contributed by atoms with E-state index < -0.39 is 12.1 Å². The second-order valence-corrected chi connectivity index (χ2v) is 0.876. The summed E-state index contributed by atoms with van der Waals surface area (Å²) in [7, 11) is 0. The number of rotatable bonds is 0. The van der Waals surface area contributed by atoms with Crippen LogP contribution in [-0.4, -0.2) is 17.5 Å². The molecule has 0 aliphatic heterocycles. The molecule has 52 valence electrons. The molecule has 0 radical (unpaired) electrons. The van der Waals surface area contributed by atoms with Gasteiger partial charge in [-0.2, -0.15) is 0 Å². The molecule has 0 rings (SSSR count). The van der Waals surface area contributed by atoms with Gasteiger partial charge in [-0.1, -0.05) is 10.2 Å². The zero-order chi connectivity index (χ0) is 6.57. The van der Waals surface area contributed by atoms with Crippen molar-refractivity contribution >= 4 is 12.1 Å². The first kappa shape index (κ1) is 10.5. The van der Waals surface area contributed by atoms with Crippen molar-refractivity contribution in [3.05, 3.63) is 0 Å². The van der Waals surface area contributed by atoms with Crippen LogP contribution in [0.1, 0.15) is 0 Å². The Labute approximate surface area is 50.0 Å². The van der Waals surface area contributed by atoms with Gasteiger partial charge in [0.25, 0.3) is 0 Å². The highest BCUT2D eigenvalue weighted by molar-refractivity contribution is 5.77. The molecule has 6 N–H and O–H groups in total. The van der Waals surface area contributed by atoms with E-state index in [9.17, 15) is 9.59 Å². The van der Waals surface area contributed by atoms with E-state index in [0.29, 0.717) is 0 Å². The van der Waals surface area contributed by atoms with Gasteiger partial charge in [0.05, 0.1) is 0 Å². The molecule has 0 aromatic rings. The van der Waals surface area contributed by atoms with E-state index in [2.05, 4.69) is 21.7 Å². The summed E-state index contributed by atoms with van der Waals surface area (Å²) < 4.78 is 0. The van der Waals surface area contributed by atoms with E-state index in [4.69, 9.17) is 0 Å². The molecule has 7 nitrogen and oxygen atoms in total. The topological polar surface area (TPSA) is 142 Å². The van der Waals surface area contributed by atoms with Crippen molar-refractivity contribution in [3.8, 4) is 0 Å². The van der Waals surface area contributed by atoms with Crippen LogP contribution in [0, 0.1) is 0 Å². The van der Waals surface area contributed by atoms with Gasteiger partial charge in [-0.15, -0.1) is 0 Å². The Morgan fingerprint density at radius 1 is 1.00 bits per heavy atom. The molecule has 0 unspecified atom stereocenters. The van der Waals surface area contributed by atoms with Gasteiger partial charge in [0, 0.05) is 0 Å². The predicted molar refractivity (Wildman–Crippen MR) is 27.6 cm³/mol. The number of hydrogen-bond acceptors (Lipinski definition) is 2. The van der Waals surface area contributed by atoms with E-state index in [1.807, 2.05) is 0 Å². The molecule has 0 saturated heterocycles. The van der Waals surface area contributed by atoms with Crippen LogP contribution in [0.15, 0.2) is 10.2 Å². The number of amides is 4. The normalized spacial score (nSPS) is 8.44. The van der Waals surface area contributed by atoms with Crippen LogP contribution in [0.5, 0.6) is 0 Å². The molecule has 0 aliphatic carbocycles. The molecule has 4 amide bonds. The Bertz CT molecular complexity index is 125. The Balaban J connectivity index is 0. The molecule has 0 spiro atoms. The Morgan fingerprint density at radius 3 is 1.33 bits per heavy atom. The lowest BCUT2D eigenvalue weighted by Crippen LogP contribution is -2.07. The van der Waals surface area contributed by atoms with Gasteiger partial charge < -0.3 is 16.9 Å². The molecule has 0 heterocycles. The maximum atomic E-state index is 9.66. The molecule has 0 saturated carbocycles. The second kappa shape index (κ2) is 4.65. The summed E-state index contributed by atoms with van der Waals surface area (Å²) in [5.74, 6) is 0. The van der Waals surface area contributed by atoms with Crippen LogP contribution < -0.4 is 11.5 Å². The van der Waals surface area contributed by atoms with Crippen LogP contribution in [0.25, 0.3) is 0 Å². The second-order valence-electron chi connectivity index (χ2n) is 0.876. The molecule has 0 fully saturated rings. The van der Waals surface area contributed by atoms with Crippen LogP contribution >= 0.6 is 0 Å². The Hall–Kier alpha value is -1.50. The van der Waals surface area contributed by atoms with Crippen molar-refractivity contribution in [1.29, 1.82) is 0 Å². The van der Waals surface area contributed by atoms with Crippen LogP contribution in [0.2, 0.25) is 0 Å². The highest BCUT2D eigenvalue weighted by atomic mass is 16.2. The number of carbonyl (C=O) groups excluding carboxylic acids is 2. The van der Waals surface area contributed by atoms with E-state index in [1.54, 1.807) is 0 Å². The maximum absolute atomic E-state index is 9.66. The minimum absolute atomic E-state index is 0. The minimum Gasteiger partial charge on any atom is -0.412 e. The predicted octanol–water partition coefficient (Wildman–Crippen LogP) is -1.23. The molecule has 0 aromatic heterocycles. The number of primary amides is 2. The zero-order valence-electron chi connectivity index (χ0n) is 4.37. The molecule has 0 bridgehead atoms. The number of urea groups is 2. The van der Waals surface area contributed by atoms with Crippen molar-refractivity contribution in [2.45, 2.75) is 0 Å². The van der Waals surface area contributed by atoms with Gasteiger partial charge in [-0.05, 0) is 0 Å². The van der Waals surface area contributed by atoms with Crippen molar-refractivity contribution in [2.75, 3.05) is 0 Å². The van der Waals surface area contributed by atoms with Gasteiger partial charge in [-0.25, -0.2) is 9.59 Å². The smallest absolute Gasteiger partial charge is 0.357 e. The molecule has 0 aliphatic rings. The number of nitrogens with two attached hydrogens (primary N) is 2. The van der Waals surface area contributed by atoms with Gasteiger partial charge >= 0.3 is 12.1 Å². The standard InChI is InChI=1S/C2H4N4O2.H2O/c3-1(7)5-6-2(4)8;/h(H2,3,7)(H2,4,8);1H2. The van der Waals surface area contributed by atoms with Gasteiger partial charge in [-0.3, -0.25) is 0 Å². The number of hydrogen-bond donors (Lipinski definition) is 2. The average molecular weight is 134 g/mol. The Kier molecular flexibility index (Phi) is 5.42. The zero-order valence-corrected chi connectivity index (χ0v) is 4.37. The highest BCUT2D eigenvalue weighted by Crippen LogP contribution is 1.72. The molecule has 0 aromatic carbocycles. The van der Waals surface area contributed by atoms with Crippen LogP contribution in [0.3, 0.4) is 0 Å². The lowest BCUT2D eigenvalue weighted by Gasteiger charge is -1.74. The van der Waals surface area contributed by atoms with E-state index in [1.165, 1.54) is 0 Å². The summed E-state index contributed by atoms with van der Waals surface area (Å²) >= 11 is 0. The molecular weight excluding hydrogens is 128 g/mol. The SMILES string of the molecule is NC(=O)N=NC(N)=O.O.